The summed E-state index contributed by atoms with van der Waals surface area (Å²) in [5.41, 5.74) is 1.74. The first kappa shape index (κ1) is 15.5. The van der Waals surface area contributed by atoms with Gasteiger partial charge < -0.3 is 9.67 Å². The minimum atomic E-state index is -1.18. The number of aliphatic hydroxyl groups is 1. The molecular weight excluding hydrogens is 371 g/mol. The number of halogens is 2. The molecule has 0 fully saturated rings. The van der Waals surface area contributed by atoms with Crippen molar-refractivity contribution >= 4 is 15.9 Å². The molecule has 2 heterocycles. The maximum absolute atomic E-state index is 14.5. The maximum Gasteiger partial charge on any atom is 0.133 e. The number of aromatic nitrogens is 2. The highest BCUT2D eigenvalue weighted by molar-refractivity contribution is 9.10. The predicted molar refractivity (Wildman–Crippen MR) is 93.3 cm³/mol. The molecule has 0 bridgehead atoms. The van der Waals surface area contributed by atoms with Crippen molar-refractivity contribution in [3.05, 3.63) is 87.7 Å². The molecule has 0 aliphatic carbocycles. The molecule has 3 nitrogen and oxygen atoms in total. The third-order valence-corrected chi connectivity index (χ3v) is 5.28. The van der Waals surface area contributed by atoms with Crippen molar-refractivity contribution in [2.45, 2.75) is 25.0 Å². The fraction of sp³-hybridized carbons (Fsp3) is 0.211. The molecule has 0 saturated heterocycles. The van der Waals surface area contributed by atoms with Crippen molar-refractivity contribution < 1.29 is 9.50 Å². The van der Waals surface area contributed by atoms with Gasteiger partial charge in [0.2, 0.25) is 0 Å². The van der Waals surface area contributed by atoms with E-state index in [4.69, 9.17) is 0 Å². The molecule has 2 atom stereocenters. The van der Waals surface area contributed by atoms with Crippen molar-refractivity contribution in [2.24, 2.45) is 0 Å². The first-order chi connectivity index (χ1) is 11.5. The Morgan fingerprint density at radius 2 is 2.00 bits per heavy atom. The van der Waals surface area contributed by atoms with Crippen LogP contribution in [0.5, 0.6) is 0 Å². The molecule has 0 spiro atoms. The van der Waals surface area contributed by atoms with E-state index in [2.05, 4.69) is 20.9 Å². The van der Waals surface area contributed by atoms with Gasteiger partial charge in [0.1, 0.15) is 11.4 Å². The van der Waals surface area contributed by atoms with Crippen LogP contribution >= 0.6 is 15.9 Å². The number of fused-ring (bicyclic) bond motifs is 1. The van der Waals surface area contributed by atoms with Crippen LogP contribution in [-0.4, -0.2) is 14.7 Å². The highest BCUT2D eigenvalue weighted by Crippen LogP contribution is 2.47. The summed E-state index contributed by atoms with van der Waals surface area (Å²) in [7, 11) is 0. The van der Waals surface area contributed by atoms with E-state index in [-0.39, 0.29) is 11.9 Å². The van der Waals surface area contributed by atoms with E-state index < -0.39 is 5.60 Å². The zero-order valence-electron chi connectivity index (χ0n) is 13.1. The van der Waals surface area contributed by atoms with Gasteiger partial charge in [0, 0.05) is 16.5 Å². The molecule has 24 heavy (non-hydrogen) atoms. The minimum Gasteiger partial charge on any atom is -0.379 e. The van der Waals surface area contributed by atoms with E-state index >= 15 is 0 Å². The molecule has 0 radical (unpaired) electrons. The summed E-state index contributed by atoms with van der Waals surface area (Å²) in [5.74, 6) is -0.250. The van der Waals surface area contributed by atoms with Gasteiger partial charge in [0.25, 0.3) is 0 Å². The zero-order valence-corrected chi connectivity index (χ0v) is 14.7. The quantitative estimate of drug-likeness (QED) is 0.711. The highest BCUT2D eigenvalue weighted by atomic mass is 79.9. The van der Waals surface area contributed by atoms with Crippen molar-refractivity contribution in [1.29, 1.82) is 0 Å². The Balaban J connectivity index is 1.83. The Bertz CT molecular complexity index is 906. The molecule has 5 heteroatoms. The lowest BCUT2D eigenvalue weighted by atomic mass is 9.86. The summed E-state index contributed by atoms with van der Waals surface area (Å²) < 4.78 is 17.3. The van der Waals surface area contributed by atoms with Crippen molar-refractivity contribution in [1.82, 2.24) is 9.55 Å². The van der Waals surface area contributed by atoms with E-state index in [9.17, 15) is 9.50 Å². The highest BCUT2D eigenvalue weighted by Gasteiger charge is 2.45. The maximum atomic E-state index is 14.5. The van der Waals surface area contributed by atoms with Gasteiger partial charge in [-0.25, -0.2) is 9.37 Å². The molecule has 0 amide bonds. The van der Waals surface area contributed by atoms with Gasteiger partial charge in [-0.2, -0.15) is 0 Å². The monoisotopic (exact) mass is 386 g/mol. The van der Waals surface area contributed by atoms with E-state index in [0.717, 1.165) is 15.6 Å². The normalized spacial score (nSPS) is 22.6. The average Bonchev–Trinajstić information content (AvgIpc) is 3.12. The summed E-state index contributed by atoms with van der Waals surface area (Å²) in [6, 6.07) is 12.5. The molecule has 1 aliphatic rings. The van der Waals surface area contributed by atoms with Gasteiger partial charge in [-0.3, -0.25) is 0 Å². The second kappa shape index (κ2) is 5.53. The first-order valence-corrected chi connectivity index (χ1v) is 8.55. The van der Waals surface area contributed by atoms with Crippen LogP contribution in [0.2, 0.25) is 0 Å². The summed E-state index contributed by atoms with van der Waals surface area (Å²) in [4.78, 5) is 4.18. The average molecular weight is 387 g/mol. The van der Waals surface area contributed by atoms with Crippen molar-refractivity contribution in [2.75, 3.05) is 0 Å². The largest absolute Gasteiger partial charge is 0.379 e. The van der Waals surface area contributed by atoms with Gasteiger partial charge in [-0.15, -0.1) is 0 Å². The molecule has 2 unspecified atom stereocenters. The molecule has 1 aromatic heterocycles. The molecule has 2 aromatic carbocycles. The van der Waals surface area contributed by atoms with Gasteiger partial charge in [0.15, 0.2) is 0 Å². The number of rotatable bonds is 2. The number of aryl methyl sites for hydroxylation is 1. The zero-order chi connectivity index (χ0) is 16.9. The third kappa shape index (κ3) is 2.31. The Labute approximate surface area is 147 Å². The second-order valence-electron chi connectivity index (χ2n) is 6.30. The van der Waals surface area contributed by atoms with E-state index in [0.29, 0.717) is 17.7 Å². The smallest absolute Gasteiger partial charge is 0.133 e. The van der Waals surface area contributed by atoms with Crippen LogP contribution in [0.15, 0.2) is 59.5 Å². The molecular formula is C19H16BrFN2O. The van der Waals surface area contributed by atoms with Crippen LogP contribution in [0.4, 0.5) is 4.39 Å². The SMILES string of the molecule is Cc1ccc(C2CC(O)(c3ccc(Br)cc3)c3cncn32)c(F)c1. The predicted octanol–water partition coefficient (Wildman–Crippen LogP) is 4.32. The first-order valence-electron chi connectivity index (χ1n) is 7.76. The molecule has 1 N–H and O–H groups in total. The molecule has 1 aliphatic heterocycles. The number of nitrogens with zero attached hydrogens (tertiary/aromatic N) is 2. The Morgan fingerprint density at radius 1 is 1.25 bits per heavy atom. The van der Waals surface area contributed by atoms with Crippen LogP contribution in [-0.2, 0) is 5.60 Å². The van der Waals surface area contributed by atoms with E-state index in [1.165, 1.54) is 6.07 Å². The van der Waals surface area contributed by atoms with Crippen LogP contribution in [0.3, 0.4) is 0 Å². The molecule has 122 valence electrons. The standard InChI is InChI=1S/C19H16BrFN2O/c1-12-2-7-15(16(21)8-12)17-9-19(24,18-10-22-11-23(17)18)13-3-5-14(20)6-4-13/h2-8,10-11,17,24H,9H2,1H3. The topological polar surface area (TPSA) is 38.1 Å². The summed E-state index contributed by atoms with van der Waals surface area (Å²) >= 11 is 3.41. The Hall–Kier alpha value is -1.98. The number of hydrogen-bond donors (Lipinski definition) is 1. The van der Waals surface area contributed by atoms with Crippen LogP contribution in [0.1, 0.15) is 34.8 Å². The van der Waals surface area contributed by atoms with Gasteiger partial charge in [0.05, 0.1) is 24.3 Å². The lowest BCUT2D eigenvalue weighted by Gasteiger charge is -2.23. The molecule has 3 aromatic rings. The van der Waals surface area contributed by atoms with Crippen LogP contribution in [0.25, 0.3) is 0 Å². The third-order valence-electron chi connectivity index (χ3n) is 4.75. The second-order valence-corrected chi connectivity index (χ2v) is 7.21. The van der Waals surface area contributed by atoms with Gasteiger partial charge >= 0.3 is 0 Å². The number of imidazole rings is 1. The summed E-state index contributed by atoms with van der Waals surface area (Å²) in [6.45, 7) is 1.86. The van der Waals surface area contributed by atoms with Crippen LogP contribution < -0.4 is 0 Å². The van der Waals surface area contributed by atoms with Crippen molar-refractivity contribution in [3.63, 3.8) is 0 Å². The summed E-state index contributed by atoms with van der Waals surface area (Å²) in [5, 5.41) is 11.4. The number of hydrogen-bond acceptors (Lipinski definition) is 2. The van der Waals surface area contributed by atoms with Crippen LogP contribution in [0, 0.1) is 12.7 Å². The molecule has 4 rings (SSSR count). The lowest BCUT2D eigenvalue weighted by Crippen LogP contribution is -2.24. The van der Waals surface area contributed by atoms with Gasteiger partial charge in [-0.1, -0.05) is 40.2 Å². The Kier molecular flexibility index (Phi) is 3.58. The van der Waals surface area contributed by atoms with E-state index in [1.54, 1.807) is 18.6 Å². The summed E-state index contributed by atoms with van der Waals surface area (Å²) in [6.07, 6.45) is 3.71. The Morgan fingerprint density at radius 3 is 2.71 bits per heavy atom. The van der Waals surface area contributed by atoms with Gasteiger partial charge in [-0.05, 0) is 36.2 Å². The van der Waals surface area contributed by atoms with Crippen molar-refractivity contribution in [3.8, 4) is 0 Å². The fourth-order valence-corrected chi connectivity index (χ4v) is 3.77. The lowest BCUT2D eigenvalue weighted by molar-refractivity contribution is 0.0792. The van der Waals surface area contributed by atoms with E-state index in [1.807, 2.05) is 41.8 Å². The number of benzene rings is 2. The fourth-order valence-electron chi connectivity index (χ4n) is 3.51. The minimum absolute atomic E-state index is 0.250. The molecule has 0 saturated carbocycles.